The first-order valence-electron chi connectivity index (χ1n) is 4.32. The van der Waals surface area contributed by atoms with E-state index in [1.54, 1.807) is 18.2 Å². The van der Waals surface area contributed by atoms with Crippen molar-refractivity contribution in [3.05, 3.63) is 35.4 Å². The van der Waals surface area contributed by atoms with Crippen LogP contribution in [0, 0.1) is 0 Å². The second-order valence-electron chi connectivity index (χ2n) is 3.07. The van der Waals surface area contributed by atoms with E-state index in [1.165, 1.54) is 13.0 Å². The normalized spacial score (nSPS) is 10.5. The minimum absolute atomic E-state index is 0.110. The van der Waals surface area contributed by atoms with Gasteiger partial charge in [0, 0.05) is 17.3 Å². The Balaban J connectivity index is 3.01. The number of carbonyl (C=O) groups excluding carboxylic acids is 1. The molecule has 1 aromatic rings. The largest absolute Gasteiger partial charge is 0.478 e. The molecular weight excluding hydrogens is 194 g/mol. The fraction of sp³-hybridized carbons (Fsp3) is 0.0909. The van der Waals surface area contributed by atoms with Crippen LogP contribution < -0.4 is 5.73 Å². The zero-order valence-electron chi connectivity index (χ0n) is 8.23. The van der Waals surface area contributed by atoms with Gasteiger partial charge >= 0.3 is 5.97 Å². The van der Waals surface area contributed by atoms with Crippen LogP contribution in [0.5, 0.6) is 0 Å². The average Bonchev–Trinajstić information content (AvgIpc) is 2.14. The molecule has 0 saturated carbocycles. The number of hydrogen-bond donors (Lipinski definition) is 2. The monoisotopic (exact) mass is 205 g/mol. The van der Waals surface area contributed by atoms with Crippen LogP contribution in [0.15, 0.2) is 24.3 Å². The number of ketones is 1. The minimum Gasteiger partial charge on any atom is -0.478 e. The van der Waals surface area contributed by atoms with Crippen molar-refractivity contribution < 1.29 is 14.7 Å². The van der Waals surface area contributed by atoms with Crippen molar-refractivity contribution in [3.8, 4) is 0 Å². The van der Waals surface area contributed by atoms with Gasteiger partial charge in [-0.2, -0.15) is 0 Å². The molecule has 0 spiro atoms. The molecule has 4 heteroatoms. The Hall–Kier alpha value is -2.10. The number of nitrogens with two attached hydrogens (primary N) is 1. The van der Waals surface area contributed by atoms with Crippen molar-refractivity contribution in [1.82, 2.24) is 0 Å². The summed E-state index contributed by atoms with van der Waals surface area (Å²) in [6.45, 7) is 1.43. The molecule has 0 bridgehead atoms. The molecule has 0 fully saturated rings. The highest BCUT2D eigenvalue weighted by Crippen LogP contribution is 2.15. The van der Waals surface area contributed by atoms with Crippen LogP contribution in [0.4, 0.5) is 5.69 Å². The van der Waals surface area contributed by atoms with Crippen molar-refractivity contribution in [2.45, 2.75) is 6.92 Å². The Morgan fingerprint density at radius 3 is 2.53 bits per heavy atom. The Labute approximate surface area is 87.0 Å². The number of aliphatic carboxylic acids is 1. The molecule has 3 N–H and O–H groups in total. The molecule has 0 unspecified atom stereocenters. The molecule has 1 aromatic carbocycles. The van der Waals surface area contributed by atoms with Crippen LogP contribution in [-0.2, 0) is 4.79 Å². The molecule has 0 heterocycles. The Morgan fingerprint density at radius 2 is 2.07 bits per heavy atom. The molecule has 15 heavy (non-hydrogen) atoms. The number of nitrogen functional groups attached to an aromatic ring is 1. The lowest BCUT2D eigenvalue weighted by molar-refractivity contribution is -0.131. The van der Waals surface area contributed by atoms with Gasteiger partial charge in [0.05, 0.1) is 0 Å². The molecule has 78 valence electrons. The number of hydrogen-bond acceptors (Lipinski definition) is 3. The zero-order chi connectivity index (χ0) is 11.4. The van der Waals surface area contributed by atoms with E-state index in [0.29, 0.717) is 16.8 Å². The van der Waals surface area contributed by atoms with Gasteiger partial charge < -0.3 is 10.8 Å². The van der Waals surface area contributed by atoms with Gasteiger partial charge in [-0.15, -0.1) is 0 Å². The molecule has 0 radical (unpaired) electrons. The smallest absolute Gasteiger partial charge is 0.328 e. The average molecular weight is 205 g/mol. The summed E-state index contributed by atoms with van der Waals surface area (Å²) < 4.78 is 0. The zero-order valence-corrected chi connectivity index (χ0v) is 8.23. The van der Waals surface area contributed by atoms with Gasteiger partial charge in [-0.1, -0.05) is 6.07 Å². The standard InChI is InChI=1S/C11H11NO3/c1-7(13)9-4-2-8(6-10(9)12)3-5-11(14)15/h2-6H,12H2,1H3,(H,14,15)/b5-3+. The van der Waals surface area contributed by atoms with E-state index in [-0.39, 0.29) is 5.78 Å². The molecule has 0 aliphatic rings. The van der Waals surface area contributed by atoms with Crippen LogP contribution in [-0.4, -0.2) is 16.9 Å². The fourth-order valence-corrected chi connectivity index (χ4v) is 1.17. The number of Topliss-reactive ketones (excluding diaryl/α,β-unsaturated/α-hetero) is 1. The Kier molecular flexibility index (Phi) is 3.23. The third-order valence-electron chi connectivity index (χ3n) is 1.87. The topological polar surface area (TPSA) is 80.4 Å². The predicted molar refractivity (Wildman–Crippen MR) is 57.5 cm³/mol. The van der Waals surface area contributed by atoms with E-state index in [1.807, 2.05) is 0 Å². The summed E-state index contributed by atoms with van der Waals surface area (Å²) >= 11 is 0. The number of carboxylic acid groups (broad SMARTS) is 1. The molecule has 0 aliphatic heterocycles. The first kappa shape index (κ1) is 11.0. The number of benzene rings is 1. The van der Waals surface area contributed by atoms with Gasteiger partial charge in [-0.25, -0.2) is 4.79 Å². The maximum absolute atomic E-state index is 11.1. The van der Waals surface area contributed by atoms with E-state index in [4.69, 9.17) is 10.8 Å². The highest BCUT2D eigenvalue weighted by Gasteiger charge is 2.03. The first-order valence-corrected chi connectivity index (χ1v) is 4.32. The van der Waals surface area contributed by atoms with Gasteiger partial charge in [-0.3, -0.25) is 4.79 Å². The van der Waals surface area contributed by atoms with Crippen molar-refractivity contribution in [2.75, 3.05) is 5.73 Å². The van der Waals surface area contributed by atoms with Crippen molar-refractivity contribution in [1.29, 1.82) is 0 Å². The highest BCUT2D eigenvalue weighted by molar-refractivity contribution is 5.99. The van der Waals surface area contributed by atoms with Crippen LogP contribution in [0.2, 0.25) is 0 Å². The van der Waals surface area contributed by atoms with Crippen LogP contribution in [0.3, 0.4) is 0 Å². The summed E-state index contributed by atoms with van der Waals surface area (Å²) in [6.07, 6.45) is 2.44. The lowest BCUT2D eigenvalue weighted by Crippen LogP contribution is -1.99. The molecule has 0 amide bonds. The third-order valence-corrected chi connectivity index (χ3v) is 1.87. The lowest BCUT2D eigenvalue weighted by Gasteiger charge is -2.02. The fourth-order valence-electron chi connectivity index (χ4n) is 1.17. The molecule has 4 nitrogen and oxygen atoms in total. The summed E-state index contributed by atoms with van der Waals surface area (Å²) in [4.78, 5) is 21.3. The highest BCUT2D eigenvalue weighted by atomic mass is 16.4. The van der Waals surface area contributed by atoms with Gasteiger partial charge in [0.2, 0.25) is 0 Å². The summed E-state index contributed by atoms with van der Waals surface area (Å²) in [5, 5.41) is 8.41. The van der Waals surface area contributed by atoms with Crippen LogP contribution in [0.1, 0.15) is 22.8 Å². The van der Waals surface area contributed by atoms with E-state index >= 15 is 0 Å². The lowest BCUT2D eigenvalue weighted by atomic mass is 10.1. The molecular formula is C11H11NO3. The molecule has 0 aromatic heterocycles. The van der Waals surface area contributed by atoms with E-state index in [0.717, 1.165) is 6.08 Å². The number of carbonyl (C=O) groups is 2. The second kappa shape index (κ2) is 4.41. The van der Waals surface area contributed by atoms with Crippen molar-refractivity contribution >= 4 is 23.5 Å². The van der Waals surface area contributed by atoms with E-state index in [2.05, 4.69) is 0 Å². The molecule has 0 aliphatic carbocycles. The van der Waals surface area contributed by atoms with E-state index < -0.39 is 5.97 Å². The van der Waals surface area contributed by atoms with Crippen molar-refractivity contribution in [2.24, 2.45) is 0 Å². The third kappa shape index (κ3) is 2.95. The van der Waals surface area contributed by atoms with Gasteiger partial charge in [0.1, 0.15) is 0 Å². The maximum atomic E-state index is 11.1. The summed E-state index contributed by atoms with van der Waals surface area (Å²) in [5.41, 5.74) is 7.08. The number of anilines is 1. The maximum Gasteiger partial charge on any atom is 0.328 e. The Morgan fingerprint density at radius 1 is 1.40 bits per heavy atom. The Bertz CT molecular complexity index is 435. The first-order chi connectivity index (χ1) is 7.00. The second-order valence-corrected chi connectivity index (χ2v) is 3.07. The van der Waals surface area contributed by atoms with Gasteiger partial charge in [-0.05, 0) is 30.7 Å². The van der Waals surface area contributed by atoms with E-state index in [9.17, 15) is 9.59 Å². The molecule has 1 rings (SSSR count). The van der Waals surface area contributed by atoms with Crippen LogP contribution in [0.25, 0.3) is 6.08 Å². The van der Waals surface area contributed by atoms with Gasteiger partial charge in [0.25, 0.3) is 0 Å². The van der Waals surface area contributed by atoms with Gasteiger partial charge in [0.15, 0.2) is 5.78 Å². The predicted octanol–water partition coefficient (Wildman–Crippen LogP) is 1.57. The quantitative estimate of drug-likeness (QED) is 0.446. The number of carboxylic acids is 1. The van der Waals surface area contributed by atoms with Crippen LogP contribution >= 0.6 is 0 Å². The summed E-state index contributed by atoms with van der Waals surface area (Å²) in [5.74, 6) is -1.13. The van der Waals surface area contributed by atoms with Crippen molar-refractivity contribution in [3.63, 3.8) is 0 Å². The minimum atomic E-state index is -1.02. The molecule has 0 atom stereocenters. The SMILES string of the molecule is CC(=O)c1ccc(/C=C/C(=O)O)cc1N. The molecule has 0 saturated heterocycles. The summed E-state index contributed by atoms with van der Waals surface area (Å²) in [7, 11) is 0. The number of rotatable bonds is 3. The summed E-state index contributed by atoms with van der Waals surface area (Å²) in [6, 6.07) is 4.79.